The molecule has 1 amide bonds. The van der Waals surface area contributed by atoms with Gasteiger partial charge in [0.25, 0.3) is 0 Å². The molecular formula is C6H13N3O2. The standard InChI is InChI=1S/C6H13N3O2/c7-4-2-1-3-6(4,9)11-5(8)10/h4H,1-3,7,9H2,(H2,8,10). The van der Waals surface area contributed by atoms with Gasteiger partial charge in [0.05, 0.1) is 6.04 Å². The Labute approximate surface area is 64.9 Å². The number of primary amides is 1. The summed E-state index contributed by atoms with van der Waals surface area (Å²) in [5.41, 5.74) is 15.1. The van der Waals surface area contributed by atoms with Gasteiger partial charge in [-0.2, -0.15) is 0 Å². The molecule has 5 nitrogen and oxygen atoms in total. The van der Waals surface area contributed by atoms with Crippen molar-refractivity contribution in [3.63, 3.8) is 0 Å². The topological polar surface area (TPSA) is 104 Å². The number of carbonyl (C=O) groups is 1. The Kier molecular flexibility index (Phi) is 2.01. The molecule has 1 rings (SSSR count). The predicted octanol–water partition coefficient (Wildman–Crippen LogP) is -0.752. The van der Waals surface area contributed by atoms with Crippen LogP contribution in [0.5, 0.6) is 0 Å². The molecular weight excluding hydrogens is 146 g/mol. The number of amides is 1. The van der Waals surface area contributed by atoms with Crippen molar-refractivity contribution in [3.05, 3.63) is 0 Å². The van der Waals surface area contributed by atoms with E-state index in [9.17, 15) is 4.79 Å². The zero-order chi connectivity index (χ0) is 8.48. The van der Waals surface area contributed by atoms with Gasteiger partial charge in [-0.15, -0.1) is 0 Å². The lowest BCUT2D eigenvalue weighted by molar-refractivity contribution is 0.0151. The second-order valence-corrected chi connectivity index (χ2v) is 2.87. The molecule has 2 atom stereocenters. The minimum absolute atomic E-state index is 0.282. The van der Waals surface area contributed by atoms with Gasteiger partial charge < -0.3 is 16.2 Å². The van der Waals surface area contributed by atoms with Crippen LogP contribution in [0, 0.1) is 0 Å². The Hall–Kier alpha value is -0.810. The zero-order valence-electron chi connectivity index (χ0n) is 6.25. The van der Waals surface area contributed by atoms with Crippen molar-refractivity contribution in [2.75, 3.05) is 0 Å². The van der Waals surface area contributed by atoms with Crippen LogP contribution in [0.2, 0.25) is 0 Å². The Balaban J connectivity index is 2.58. The highest BCUT2D eigenvalue weighted by Crippen LogP contribution is 2.27. The summed E-state index contributed by atoms with van der Waals surface area (Å²) >= 11 is 0. The third kappa shape index (κ3) is 1.61. The molecule has 6 N–H and O–H groups in total. The number of rotatable bonds is 1. The SMILES string of the molecule is NC(=O)OC1(N)CCCC1N. The maximum atomic E-state index is 10.4. The van der Waals surface area contributed by atoms with E-state index in [1.807, 2.05) is 0 Å². The average Bonchev–Trinajstić information content (AvgIpc) is 2.11. The first-order chi connectivity index (χ1) is 5.04. The quantitative estimate of drug-likeness (QED) is 0.438. The lowest BCUT2D eigenvalue weighted by atomic mass is 10.1. The van der Waals surface area contributed by atoms with E-state index >= 15 is 0 Å². The lowest BCUT2D eigenvalue weighted by Crippen LogP contribution is -2.55. The van der Waals surface area contributed by atoms with Gasteiger partial charge in [-0.3, -0.25) is 5.73 Å². The fourth-order valence-electron chi connectivity index (χ4n) is 1.34. The van der Waals surface area contributed by atoms with Crippen LogP contribution in [-0.4, -0.2) is 17.9 Å². The van der Waals surface area contributed by atoms with Gasteiger partial charge in [-0.05, 0) is 12.8 Å². The van der Waals surface area contributed by atoms with E-state index in [0.717, 1.165) is 12.8 Å². The average molecular weight is 159 g/mol. The molecule has 0 heterocycles. The molecule has 2 unspecified atom stereocenters. The summed E-state index contributed by atoms with van der Waals surface area (Å²) in [5, 5.41) is 0. The van der Waals surface area contributed by atoms with E-state index in [1.54, 1.807) is 0 Å². The molecule has 5 heteroatoms. The lowest BCUT2D eigenvalue weighted by Gasteiger charge is -2.27. The fourth-order valence-corrected chi connectivity index (χ4v) is 1.34. The number of hydrogen-bond acceptors (Lipinski definition) is 4. The summed E-state index contributed by atoms with van der Waals surface area (Å²) in [6.45, 7) is 0. The number of ether oxygens (including phenoxy) is 1. The highest BCUT2D eigenvalue weighted by molar-refractivity contribution is 5.65. The predicted molar refractivity (Wildman–Crippen MR) is 39.4 cm³/mol. The zero-order valence-corrected chi connectivity index (χ0v) is 6.25. The number of carbonyl (C=O) groups excluding carboxylic acids is 1. The Morgan fingerprint density at radius 1 is 1.64 bits per heavy atom. The first-order valence-electron chi connectivity index (χ1n) is 3.57. The van der Waals surface area contributed by atoms with Crippen LogP contribution >= 0.6 is 0 Å². The molecule has 1 aliphatic rings. The monoisotopic (exact) mass is 159 g/mol. The Bertz CT molecular complexity index is 173. The van der Waals surface area contributed by atoms with E-state index in [-0.39, 0.29) is 6.04 Å². The van der Waals surface area contributed by atoms with Crippen molar-refractivity contribution >= 4 is 6.09 Å². The summed E-state index contributed by atoms with van der Waals surface area (Å²) in [5.74, 6) is 0. The van der Waals surface area contributed by atoms with Crippen molar-refractivity contribution in [1.82, 2.24) is 0 Å². The van der Waals surface area contributed by atoms with Crippen molar-refractivity contribution < 1.29 is 9.53 Å². The maximum Gasteiger partial charge on any atom is 0.406 e. The summed E-state index contributed by atoms with van der Waals surface area (Å²) < 4.78 is 4.70. The molecule has 0 aromatic heterocycles. The summed E-state index contributed by atoms with van der Waals surface area (Å²) in [7, 11) is 0. The van der Waals surface area contributed by atoms with Crippen LogP contribution in [0.25, 0.3) is 0 Å². The molecule has 0 saturated heterocycles. The Morgan fingerprint density at radius 2 is 2.27 bits per heavy atom. The third-order valence-corrected chi connectivity index (χ3v) is 2.00. The van der Waals surface area contributed by atoms with Crippen molar-refractivity contribution in [2.45, 2.75) is 31.0 Å². The molecule has 0 spiro atoms. The first-order valence-corrected chi connectivity index (χ1v) is 3.57. The second-order valence-electron chi connectivity index (χ2n) is 2.87. The van der Waals surface area contributed by atoms with Crippen molar-refractivity contribution in [3.8, 4) is 0 Å². The van der Waals surface area contributed by atoms with Crippen molar-refractivity contribution in [1.29, 1.82) is 0 Å². The van der Waals surface area contributed by atoms with Crippen LogP contribution in [0.4, 0.5) is 4.79 Å². The van der Waals surface area contributed by atoms with Crippen molar-refractivity contribution in [2.24, 2.45) is 17.2 Å². The minimum atomic E-state index is -1.02. The van der Waals surface area contributed by atoms with Crippen LogP contribution < -0.4 is 17.2 Å². The largest absolute Gasteiger partial charge is 0.426 e. The molecule has 0 radical (unpaired) electrons. The highest BCUT2D eigenvalue weighted by Gasteiger charge is 2.40. The van der Waals surface area contributed by atoms with E-state index < -0.39 is 11.8 Å². The molecule has 0 aromatic carbocycles. The van der Waals surface area contributed by atoms with Gasteiger partial charge in [0.15, 0.2) is 5.72 Å². The van der Waals surface area contributed by atoms with Gasteiger partial charge in [-0.25, -0.2) is 4.79 Å². The van der Waals surface area contributed by atoms with Crippen LogP contribution in [0.15, 0.2) is 0 Å². The molecule has 0 aliphatic heterocycles. The van der Waals surface area contributed by atoms with E-state index in [1.165, 1.54) is 0 Å². The van der Waals surface area contributed by atoms with Crippen LogP contribution in [-0.2, 0) is 4.74 Å². The minimum Gasteiger partial charge on any atom is -0.426 e. The summed E-state index contributed by atoms with van der Waals surface area (Å²) in [6, 6.07) is -0.282. The van der Waals surface area contributed by atoms with Crippen LogP contribution in [0.3, 0.4) is 0 Å². The third-order valence-electron chi connectivity index (χ3n) is 2.00. The normalized spacial score (nSPS) is 37.1. The van der Waals surface area contributed by atoms with Gasteiger partial charge in [-0.1, -0.05) is 0 Å². The highest BCUT2D eigenvalue weighted by atomic mass is 16.6. The van der Waals surface area contributed by atoms with Gasteiger partial charge in [0.1, 0.15) is 0 Å². The second kappa shape index (κ2) is 2.67. The molecule has 1 aliphatic carbocycles. The number of nitrogens with two attached hydrogens (primary N) is 3. The smallest absolute Gasteiger partial charge is 0.406 e. The molecule has 64 valence electrons. The Morgan fingerprint density at radius 3 is 2.64 bits per heavy atom. The van der Waals surface area contributed by atoms with E-state index in [4.69, 9.17) is 21.9 Å². The molecule has 1 fully saturated rings. The van der Waals surface area contributed by atoms with Crippen LogP contribution in [0.1, 0.15) is 19.3 Å². The van der Waals surface area contributed by atoms with Gasteiger partial charge in [0.2, 0.25) is 0 Å². The van der Waals surface area contributed by atoms with E-state index in [0.29, 0.717) is 6.42 Å². The first kappa shape index (κ1) is 8.29. The number of hydrogen-bond donors (Lipinski definition) is 3. The van der Waals surface area contributed by atoms with E-state index in [2.05, 4.69) is 0 Å². The maximum absolute atomic E-state index is 10.4. The fraction of sp³-hybridized carbons (Fsp3) is 0.833. The molecule has 0 bridgehead atoms. The summed E-state index contributed by atoms with van der Waals surface area (Å²) in [6.07, 6.45) is 1.40. The van der Waals surface area contributed by atoms with Gasteiger partial charge in [0, 0.05) is 6.42 Å². The van der Waals surface area contributed by atoms with Gasteiger partial charge >= 0.3 is 6.09 Å². The summed E-state index contributed by atoms with van der Waals surface area (Å²) in [4.78, 5) is 10.4. The molecule has 11 heavy (non-hydrogen) atoms. The molecule has 0 aromatic rings. The molecule has 1 saturated carbocycles.